The Bertz CT molecular complexity index is 389. The Morgan fingerprint density at radius 1 is 0.739 bits per heavy atom. The Morgan fingerprint density at radius 3 is 1.35 bits per heavy atom. The maximum Gasteiger partial charge on any atom is -0.0129 e. The van der Waals surface area contributed by atoms with E-state index in [4.69, 9.17) is 0 Å². The van der Waals surface area contributed by atoms with Gasteiger partial charge in [-0.05, 0) is 52.8 Å². The van der Waals surface area contributed by atoms with Crippen LogP contribution in [-0.2, 0) is 17.3 Å². The molecule has 0 aliphatic rings. The lowest BCUT2D eigenvalue weighted by Gasteiger charge is -2.30. The third-order valence-electron chi connectivity index (χ3n) is 3.90. The highest BCUT2D eigenvalue weighted by atomic mass is 14.3. The predicted octanol–water partition coefficient (Wildman–Crippen LogP) is 7.99. The summed E-state index contributed by atoms with van der Waals surface area (Å²) in [4.78, 5) is 0. The van der Waals surface area contributed by atoms with Gasteiger partial charge in [0.25, 0.3) is 0 Å². The molecule has 1 aromatic rings. The number of aryl methyl sites for hydroxylation is 1. The van der Waals surface area contributed by atoms with Gasteiger partial charge in [-0.25, -0.2) is 0 Å². The van der Waals surface area contributed by atoms with E-state index in [1.165, 1.54) is 41.5 Å². The van der Waals surface area contributed by atoms with Gasteiger partial charge in [-0.2, -0.15) is 0 Å². The lowest BCUT2D eigenvalue weighted by Crippen LogP contribution is -2.20. The number of unbranched alkanes of at least 4 members (excludes halogenated alkanes) is 1. The minimum Gasteiger partial charge on any atom is -0.0683 e. The van der Waals surface area contributed by atoms with Crippen molar-refractivity contribution < 1.29 is 0 Å². The largest absolute Gasteiger partial charge is 0.0683 e. The molecule has 0 saturated carbocycles. The summed E-state index contributed by atoms with van der Waals surface area (Å²) in [5.74, 6) is 0. The summed E-state index contributed by atoms with van der Waals surface area (Å²) in [6.45, 7) is 26.5. The number of hydrogen-bond donors (Lipinski definition) is 0. The molecule has 0 spiro atoms. The topological polar surface area (TPSA) is 0 Å². The Morgan fingerprint density at radius 2 is 1.09 bits per heavy atom. The van der Waals surface area contributed by atoms with E-state index in [2.05, 4.69) is 67.5 Å². The van der Waals surface area contributed by atoms with Gasteiger partial charge >= 0.3 is 0 Å². The second-order valence-corrected chi connectivity index (χ2v) is 7.92. The summed E-state index contributed by atoms with van der Waals surface area (Å²) in [5.41, 5.74) is 6.50. The van der Waals surface area contributed by atoms with Crippen molar-refractivity contribution in [2.75, 3.05) is 0 Å². The highest BCUT2D eigenvalue weighted by molar-refractivity contribution is 5.45. The van der Waals surface area contributed by atoms with E-state index >= 15 is 0 Å². The zero-order chi connectivity index (χ0) is 18.8. The molecule has 0 radical (unpaired) electrons. The van der Waals surface area contributed by atoms with Gasteiger partial charge in [-0.3, -0.25) is 0 Å². The quantitative estimate of drug-likeness (QED) is 0.529. The number of benzene rings is 1. The lowest BCUT2D eigenvalue weighted by atomic mass is 9.75. The van der Waals surface area contributed by atoms with E-state index in [0.29, 0.717) is 0 Å². The molecule has 1 aromatic carbocycles. The van der Waals surface area contributed by atoms with Crippen LogP contribution in [0.3, 0.4) is 0 Å². The van der Waals surface area contributed by atoms with E-state index in [1.807, 2.05) is 27.7 Å². The van der Waals surface area contributed by atoms with Gasteiger partial charge in [-0.1, -0.05) is 94.7 Å². The molecule has 0 aliphatic carbocycles. The summed E-state index contributed by atoms with van der Waals surface area (Å²) >= 11 is 0. The number of hydrogen-bond acceptors (Lipinski definition) is 0. The van der Waals surface area contributed by atoms with Crippen LogP contribution in [0, 0.1) is 6.92 Å². The van der Waals surface area contributed by atoms with E-state index in [-0.39, 0.29) is 10.8 Å². The Hall–Kier alpha value is -0.780. The van der Waals surface area contributed by atoms with Crippen molar-refractivity contribution in [1.29, 1.82) is 0 Å². The molecule has 0 heterocycles. The van der Waals surface area contributed by atoms with Crippen molar-refractivity contribution in [3.8, 4) is 0 Å². The Balaban J connectivity index is 0. The van der Waals surface area contributed by atoms with Crippen molar-refractivity contribution in [1.82, 2.24) is 0 Å². The summed E-state index contributed by atoms with van der Waals surface area (Å²) in [6.07, 6.45) is 3.77. The van der Waals surface area contributed by atoms with E-state index in [9.17, 15) is 0 Å². The molecule has 0 N–H and O–H groups in total. The normalized spacial score (nSPS) is 11.1. The van der Waals surface area contributed by atoms with Gasteiger partial charge < -0.3 is 0 Å². The molecular weight excluding hydrogens is 276 g/mol. The third kappa shape index (κ3) is 8.04. The fraction of sp³-hybridized carbons (Fsp3) is 0.739. The zero-order valence-electron chi connectivity index (χ0n) is 18.3. The fourth-order valence-corrected chi connectivity index (χ4v) is 2.86. The van der Waals surface area contributed by atoms with Crippen LogP contribution in [0.4, 0.5) is 0 Å². The van der Waals surface area contributed by atoms with Crippen molar-refractivity contribution in [3.05, 3.63) is 34.4 Å². The van der Waals surface area contributed by atoms with Gasteiger partial charge in [0.05, 0.1) is 0 Å². The van der Waals surface area contributed by atoms with Crippen molar-refractivity contribution in [2.24, 2.45) is 0 Å². The molecule has 0 aromatic heterocycles. The van der Waals surface area contributed by atoms with E-state index < -0.39 is 0 Å². The van der Waals surface area contributed by atoms with Gasteiger partial charge in [0, 0.05) is 0 Å². The van der Waals surface area contributed by atoms with Crippen molar-refractivity contribution in [3.63, 3.8) is 0 Å². The van der Waals surface area contributed by atoms with E-state index in [0.717, 1.165) is 0 Å². The van der Waals surface area contributed by atoms with Crippen LogP contribution in [0.25, 0.3) is 0 Å². The highest BCUT2D eigenvalue weighted by Crippen LogP contribution is 2.34. The molecule has 0 unspecified atom stereocenters. The van der Waals surface area contributed by atoms with Crippen LogP contribution in [0.2, 0.25) is 0 Å². The average molecular weight is 321 g/mol. The monoisotopic (exact) mass is 320 g/mol. The Kier molecular flexibility index (Phi) is 11.6. The van der Waals surface area contributed by atoms with Crippen molar-refractivity contribution in [2.45, 2.75) is 113 Å². The minimum atomic E-state index is 0.228. The van der Waals surface area contributed by atoms with Gasteiger partial charge in [-0.15, -0.1) is 0 Å². The second-order valence-electron chi connectivity index (χ2n) is 7.92. The fourth-order valence-electron chi connectivity index (χ4n) is 2.86. The molecule has 0 fully saturated rings. The van der Waals surface area contributed by atoms with Crippen LogP contribution in [0.1, 0.15) is 111 Å². The first kappa shape index (κ1) is 24.5. The van der Waals surface area contributed by atoms with Gasteiger partial charge in [0.1, 0.15) is 0 Å². The van der Waals surface area contributed by atoms with Gasteiger partial charge in [0.15, 0.2) is 0 Å². The summed E-state index contributed by atoms with van der Waals surface area (Å²) in [6, 6.07) is 4.89. The molecule has 23 heavy (non-hydrogen) atoms. The van der Waals surface area contributed by atoms with Crippen LogP contribution in [0.5, 0.6) is 0 Å². The minimum absolute atomic E-state index is 0.228. The van der Waals surface area contributed by atoms with Crippen LogP contribution in [-0.4, -0.2) is 0 Å². The molecule has 0 nitrogen and oxygen atoms in total. The molecule has 1 rings (SSSR count). The molecule has 136 valence electrons. The molecule has 0 atom stereocenters. The molecule has 0 saturated heterocycles. The molecule has 0 aliphatic heterocycles. The first-order chi connectivity index (χ1) is 10.6. The zero-order valence-corrected chi connectivity index (χ0v) is 18.3. The van der Waals surface area contributed by atoms with Gasteiger partial charge in [0.2, 0.25) is 0 Å². The standard InChI is InChI=1S/C19H32.2C2H6/c1-9-10-11-15-12-16(18(3,4)5)14(2)17(13-15)19(6,7)8;2*1-2/h12-13H,9-11H2,1-8H3;2*1-2H3. The van der Waals surface area contributed by atoms with Crippen molar-refractivity contribution >= 4 is 0 Å². The summed E-state index contributed by atoms with van der Waals surface area (Å²) in [7, 11) is 0. The van der Waals surface area contributed by atoms with Crippen LogP contribution in [0.15, 0.2) is 12.1 Å². The smallest absolute Gasteiger partial charge is 0.0129 e. The maximum atomic E-state index is 2.44. The first-order valence-corrected chi connectivity index (χ1v) is 9.72. The molecule has 0 bridgehead atoms. The highest BCUT2D eigenvalue weighted by Gasteiger charge is 2.24. The van der Waals surface area contributed by atoms with Crippen LogP contribution < -0.4 is 0 Å². The summed E-state index contributed by atoms with van der Waals surface area (Å²) < 4.78 is 0. The lowest BCUT2D eigenvalue weighted by molar-refractivity contribution is 0.559. The average Bonchev–Trinajstić information content (AvgIpc) is 2.48. The summed E-state index contributed by atoms with van der Waals surface area (Å²) in [5, 5.41) is 0. The number of rotatable bonds is 3. The Labute approximate surface area is 148 Å². The van der Waals surface area contributed by atoms with E-state index in [1.54, 1.807) is 0 Å². The third-order valence-corrected chi connectivity index (χ3v) is 3.90. The second kappa shape index (κ2) is 10.9. The SMILES string of the molecule is CC.CC.CCCCc1cc(C(C)(C)C)c(C)c(C(C)(C)C)c1. The maximum absolute atomic E-state index is 2.44. The molecule has 0 heteroatoms. The predicted molar refractivity (Wildman–Crippen MR) is 110 cm³/mol. The molecule has 0 amide bonds. The first-order valence-electron chi connectivity index (χ1n) is 9.72. The van der Waals surface area contributed by atoms with Crippen LogP contribution >= 0.6 is 0 Å². The molecular formula is C23H44.